The summed E-state index contributed by atoms with van der Waals surface area (Å²) < 4.78 is 0. The zero-order valence-electron chi connectivity index (χ0n) is 14.9. The van der Waals surface area contributed by atoms with Crippen molar-refractivity contribution in [1.29, 1.82) is 0 Å². The Balaban J connectivity index is 2.24. The van der Waals surface area contributed by atoms with Crippen molar-refractivity contribution in [3.63, 3.8) is 0 Å². The van der Waals surface area contributed by atoms with Gasteiger partial charge in [0, 0.05) is 44.5 Å². The van der Waals surface area contributed by atoms with Gasteiger partial charge in [-0.2, -0.15) is 0 Å². The first-order valence-corrected chi connectivity index (χ1v) is 8.60. The van der Waals surface area contributed by atoms with Gasteiger partial charge in [-0.3, -0.25) is 29.2 Å². The predicted molar refractivity (Wildman–Crippen MR) is 94.1 cm³/mol. The zero-order chi connectivity index (χ0) is 19.8. The van der Waals surface area contributed by atoms with E-state index >= 15 is 0 Å². The van der Waals surface area contributed by atoms with Gasteiger partial charge in [-0.05, 0) is 12.1 Å². The Kier molecular flexibility index (Phi) is 7.65. The van der Waals surface area contributed by atoms with E-state index in [1.54, 1.807) is 21.9 Å². The summed E-state index contributed by atoms with van der Waals surface area (Å²) in [6.45, 7) is 0.769. The van der Waals surface area contributed by atoms with Gasteiger partial charge in [0.05, 0.1) is 25.2 Å². The van der Waals surface area contributed by atoms with Gasteiger partial charge in [0.1, 0.15) is 0 Å². The molecule has 0 saturated heterocycles. The molecular weight excluding hydrogens is 356 g/mol. The quantitative estimate of drug-likeness (QED) is 0.500. The van der Waals surface area contributed by atoms with Crippen LogP contribution in [0.25, 0.3) is 0 Å². The number of hydrogen-bond donors (Lipinski definition) is 4. The van der Waals surface area contributed by atoms with E-state index in [0.717, 1.165) is 0 Å². The summed E-state index contributed by atoms with van der Waals surface area (Å²) >= 11 is 0. The normalized spacial score (nSPS) is 19.6. The van der Waals surface area contributed by atoms with Crippen molar-refractivity contribution >= 4 is 17.9 Å². The monoisotopic (exact) mass is 380 g/mol. The number of carboxylic acids is 3. The lowest BCUT2D eigenvalue weighted by atomic mass is 10.1. The number of carbonyl (C=O) groups is 3. The van der Waals surface area contributed by atoms with Gasteiger partial charge in [0.2, 0.25) is 0 Å². The lowest BCUT2D eigenvalue weighted by Crippen LogP contribution is -2.47. The third kappa shape index (κ3) is 7.69. The average molecular weight is 380 g/mol. The number of nitrogens with zero attached hydrogens (tertiary/aromatic N) is 3. The molecule has 27 heavy (non-hydrogen) atoms. The molecule has 1 aliphatic rings. The van der Waals surface area contributed by atoms with Crippen LogP contribution < -0.4 is 5.32 Å². The third-order valence-electron chi connectivity index (χ3n) is 4.18. The highest BCUT2D eigenvalue weighted by molar-refractivity contribution is 5.69. The molecule has 2 bridgehead atoms. The second-order valence-corrected chi connectivity index (χ2v) is 6.53. The second-order valence-electron chi connectivity index (χ2n) is 6.53. The predicted octanol–water partition coefficient (Wildman–Crippen LogP) is -0.699. The van der Waals surface area contributed by atoms with Crippen LogP contribution in [0.3, 0.4) is 0 Å². The molecule has 0 aliphatic carbocycles. The molecule has 1 aliphatic heterocycles. The number of nitrogens with one attached hydrogen (secondary N) is 1. The molecule has 2 heterocycles. The molecule has 4 N–H and O–H groups in total. The Labute approximate surface area is 156 Å². The maximum absolute atomic E-state index is 11.1. The number of fused-ring (bicyclic) bond motifs is 2. The molecule has 10 nitrogen and oxygen atoms in total. The molecule has 1 unspecified atom stereocenters. The molecule has 1 atom stereocenters. The number of carboxylic acid groups (broad SMARTS) is 3. The number of aliphatic carboxylic acids is 3. The Morgan fingerprint density at radius 3 is 2.30 bits per heavy atom. The zero-order valence-corrected chi connectivity index (χ0v) is 14.9. The summed E-state index contributed by atoms with van der Waals surface area (Å²) in [5.74, 6) is -2.92. The maximum atomic E-state index is 11.1. The van der Waals surface area contributed by atoms with Gasteiger partial charge < -0.3 is 20.6 Å². The first-order valence-electron chi connectivity index (χ1n) is 8.60. The van der Waals surface area contributed by atoms with Crippen molar-refractivity contribution in [2.24, 2.45) is 0 Å². The summed E-state index contributed by atoms with van der Waals surface area (Å²) in [7, 11) is 0. The molecule has 0 fully saturated rings. The van der Waals surface area contributed by atoms with E-state index in [2.05, 4.69) is 10.3 Å². The summed E-state index contributed by atoms with van der Waals surface area (Å²) in [6.07, 6.45) is 0.262. The second kappa shape index (κ2) is 9.95. The van der Waals surface area contributed by atoms with Gasteiger partial charge in [-0.25, -0.2) is 0 Å². The lowest BCUT2D eigenvalue weighted by molar-refractivity contribution is -0.140. The van der Waals surface area contributed by atoms with Gasteiger partial charge in [-0.1, -0.05) is 6.07 Å². The van der Waals surface area contributed by atoms with E-state index in [0.29, 0.717) is 37.4 Å². The number of rotatable bonds is 6. The smallest absolute Gasteiger partial charge is 0.317 e. The van der Waals surface area contributed by atoms with Crippen LogP contribution in [0, 0.1) is 0 Å². The maximum Gasteiger partial charge on any atom is 0.317 e. The largest absolute Gasteiger partial charge is 0.481 e. The fraction of sp³-hybridized carbons (Fsp3) is 0.529. The average Bonchev–Trinajstić information content (AvgIpc) is 2.55. The van der Waals surface area contributed by atoms with Crippen LogP contribution in [-0.2, 0) is 27.3 Å². The van der Waals surface area contributed by atoms with Gasteiger partial charge >= 0.3 is 17.9 Å². The fourth-order valence-electron chi connectivity index (χ4n) is 2.99. The van der Waals surface area contributed by atoms with E-state index in [9.17, 15) is 14.4 Å². The molecule has 1 aromatic rings. The molecular formula is C17H24N4O6. The van der Waals surface area contributed by atoms with Crippen LogP contribution in [0.1, 0.15) is 17.8 Å². The van der Waals surface area contributed by atoms with E-state index in [1.807, 2.05) is 6.07 Å². The van der Waals surface area contributed by atoms with Crippen LogP contribution in [0.2, 0.25) is 0 Å². The van der Waals surface area contributed by atoms with E-state index in [-0.39, 0.29) is 26.2 Å². The fourth-order valence-corrected chi connectivity index (χ4v) is 2.99. The minimum Gasteiger partial charge on any atom is -0.481 e. The van der Waals surface area contributed by atoms with Gasteiger partial charge in [0.15, 0.2) is 0 Å². The molecule has 148 valence electrons. The molecule has 0 radical (unpaired) electrons. The minimum absolute atomic E-state index is 0.113. The summed E-state index contributed by atoms with van der Waals surface area (Å²) in [4.78, 5) is 41.2. The summed E-state index contributed by atoms with van der Waals surface area (Å²) in [5, 5.41) is 30.4. The molecule has 1 aromatic heterocycles. The molecule has 2 rings (SSSR count). The Morgan fingerprint density at radius 1 is 1.00 bits per heavy atom. The summed E-state index contributed by atoms with van der Waals surface area (Å²) in [5.41, 5.74) is 1.39. The molecule has 0 spiro atoms. The summed E-state index contributed by atoms with van der Waals surface area (Å²) in [6, 6.07) is 5.01. The molecule has 0 amide bonds. The highest BCUT2D eigenvalue weighted by Crippen LogP contribution is 2.09. The van der Waals surface area contributed by atoms with Crippen molar-refractivity contribution in [1.82, 2.24) is 20.1 Å². The SMILES string of the molecule is O=C(O)CC1Cc2cccc(n2)CN(CC(=O)O)CCN(CC(=O)O)CN1. The van der Waals surface area contributed by atoms with Crippen LogP contribution in [0.5, 0.6) is 0 Å². The Hall–Kier alpha value is -2.56. The van der Waals surface area contributed by atoms with E-state index < -0.39 is 23.9 Å². The number of pyridine rings is 1. The topological polar surface area (TPSA) is 143 Å². The first-order chi connectivity index (χ1) is 12.8. The number of aromatic nitrogens is 1. The molecule has 0 saturated carbocycles. The highest BCUT2D eigenvalue weighted by atomic mass is 16.4. The van der Waals surface area contributed by atoms with Crippen molar-refractivity contribution in [2.45, 2.75) is 25.4 Å². The van der Waals surface area contributed by atoms with Crippen molar-refractivity contribution < 1.29 is 29.7 Å². The van der Waals surface area contributed by atoms with Crippen LogP contribution in [0.15, 0.2) is 18.2 Å². The first kappa shape index (κ1) is 20.7. The van der Waals surface area contributed by atoms with Crippen LogP contribution in [0.4, 0.5) is 0 Å². The van der Waals surface area contributed by atoms with Gasteiger partial charge in [0.25, 0.3) is 0 Å². The third-order valence-corrected chi connectivity index (χ3v) is 4.18. The van der Waals surface area contributed by atoms with Crippen LogP contribution >= 0.6 is 0 Å². The van der Waals surface area contributed by atoms with Crippen molar-refractivity contribution in [2.75, 3.05) is 32.8 Å². The van der Waals surface area contributed by atoms with E-state index in [4.69, 9.17) is 15.3 Å². The lowest BCUT2D eigenvalue weighted by Gasteiger charge is -2.28. The van der Waals surface area contributed by atoms with Crippen molar-refractivity contribution in [3.8, 4) is 0 Å². The Bertz CT molecular complexity index is 638. The van der Waals surface area contributed by atoms with Crippen molar-refractivity contribution in [3.05, 3.63) is 29.6 Å². The molecule has 0 aromatic carbocycles. The van der Waals surface area contributed by atoms with Gasteiger partial charge in [-0.15, -0.1) is 0 Å². The number of hydrogen-bond acceptors (Lipinski definition) is 7. The Morgan fingerprint density at radius 2 is 1.63 bits per heavy atom. The standard InChI is InChI=1S/C17H24N4O6/c22-15(23)7-14-6-12-2-1-3-13(19-12)8-20(9-16(24)25)4-5-21(11-18-14)10-17(26)27/h1-3,14,18H,4-11H2,(H,22,23)(H,24,25)(H,26,27). The van der Waals surface area contributed by atoms with E-state index in [1.165, 1.54) is 0 Å². The molecule has 10 heteroatoms. The minimum atomic E-state index is -1.00. The van der Waals surface area contributed by atoms with Crippen LogP contribution in [-0.4, -0.2) is 86.9 Å². The highest BCUT2D eigenvalue weighted by Gasteiger charge is 2.20.